The normalized spacial score (nSPS) is 19.1. The fraction of sp³-hybridized carbons (Fsp3) is 0.571. The molecule has 0 aliphatic carbocycles. The van der Waals surface area contributed by atoms with Gasteiger partial charge in [-0.05, 0) is 32.0 Å². The summed E-state index contributed by atoms with van der Waals surface area (Å²) in [6.07, 6.45) is 3.79. The van der Waals surface area contributed by atoms with Gasteiger partial charge in [-0.3, -0.25) is 4.90 Å². The van der Waals surface area contributed by atoms with Crippen LogP contribution in [0.5, 0.6) is 5.88 Å². The van der Waals surface area contributed by atoms with Crippen molar-refractivity contribution in [2.45, 2.75) is 26.3 Å². The van der Waals surface area contributed by atoms with Crippen LogP contribution < -0.4 is 10.5 Å². The van der Waals surface area contributed by atoms with E-state index in [1.807, 2.05) is 6.07 Å². The Morgan fingerprint density at radius 3 is 2.79 bits per heavy atom. The van der Waals surface area contributed by atoms with Gasteiger partial charge in [-0.25, -0.2) is 4.98 Å². The van der Waals surface area contributed by atoms with Gasteiger partial charge in [-0.2, -0.15) is 0 Å². The van der Waals surface area contributed by atoms with Crippen molar-refractivity contribution >= 4 is 17.2 Å². The Kier molecular flexibility index (Phi) is 4.37. The fourth-order valence-electron chi connectivity index (χ4n) is 2.42. The summed E-state index contributed by atoms with van der Waals surface area (Å²) in [4.78, 5) is 7.28. The summed E-state index contributed by atoms with van der Waals surface area (Å²) in [6.45, 7) is 5.04. The van der Waals surface area contributed by atoms with Gasteiger partial charge in [0.25, 0.3) is 0 Å². The van der Waals surface area contributed by atoms with Crippen molar-refractivity contribution in [3.63, 3.8) is 0 Å². The maximum atomic E-state index is 5.83. The lowest BCUT2D eigenvalue weighted by molar-refractivity contribution is 0.156. The summed E-state index contributed by atoms with van der Waals surface area (Å²) in [5.74, 6) is 0.713. The molecule has 2 N–H and O–H groups in total. The first-order chi connectivity index (χ1) is 9.05. The van der Waals surface area contributed by atoms with Gasteiger partial charge in [-0.15, -0.1) is 0 Å². The van der Waals surface area contributed by atoms with Crippen LogP contribution in [0.15, 0.2) is 18.3 Å². The van der Waals surface area contributed by atoms with Crippen LogP contribution >= 0.6 is 12.2 Å². The van der Waals surface area contributed by atoms with Crippen LogP contribution in [0.3, 0.4) is 0 Å². The van der Waals surface area contributed by atoms with E-state index in [-0.39, 0.29) is 5.41 Å². The van der Waals surface area contributed by atoms with Crippen LogP contribution in [-0.2, 0) is 6.54 Å². The van der Waals surface area contributed by atoms with Gasteiger partial charge in [0, 0.05) is 23.7 Å². The van der Waals surface area contributed by atoms with Crippen molar-refractivity contribution in [1.82, 2.24) is 9.88 Å². The van der Waals surface area contributed by atoms with E-state index in [9.17, 15) is 0 Å². The van der Waals surface area contributed by atoms with E-state index in [0.29, 0.717) is 10.9 Å². The highest BCUT2D eigenvalue weighted by molar-refractivity contribution is 7.80. The summed E-state index contributed by atoms with van der Waals surface area (Å²) >= 11 is 5.17. The molecule has 4 nitrogen and oxygen atoms in total. The molecule has 2 heterocycles. The molecule has 1 aliphatic heterocycles. The molecule has 0 bridgehead atoms. The first-order valence-electron chi connectivity index (χ1n) is 6.55. The quantitative estimate of drug-likeness (QED) is 0.854. The number of hydrogen-bond donors (Lipinski definition) is 1. The number of likely N-dealkylation sites (tertiary alicyclic amines) is 1. The van der Waals surface area contributed by atoms with Gasteiger partial charge < -0.3 is 10.5 Å². The third-order valence-corrected chi connectivity index (χ3v) is 4.48. The molecule has 1 aromatic rings. The van der Waals surface area contributed by atoms with Gasteiger partial charge in [0.05, 0.1) is 12.1 Å². The van der Waals surface area contributed by atoms with Crippen molar-refractivity contribution in [2.24, 2.45) is 11.1 Å². The molecule has 0 unspecified atom stereocenters. The van der Waals surface area contributed by atoms with E-state index in [2.05, 4.69) is 22.9 Å². The first-order valence-corrected chi connectivity index (χ1v) is 6.96. The van der Waals surface area contributed by atoms with E-state index in [1.165, 1.54) is 0 Å². The van der Waals surface area contributed by atoms with E-state index in [4.69, 9.17) is 22.7 Å². The zero-order valence-corrected chi connectivity index (χ0v) is 12.4. The van der Waals surface area contributed by atoms with E-state index >= 15 is 0 Å². The molecular formula is C14H21N3OS. The largest absolute Gasteiger partial charge is 0.481 e. The van der Waals surface area contributed by atoms with Crippen molar-refractivity contribution < 1.29 is 4.74 Å². The standard InChI is InChI=1S/C14H21N3OS/c1-14(13(15)19)5-8-17(9-6-14)10-11-4-3-7-16-12(11)18-2/h3-4,7H,5-6,8-10H2,1-2H3,(H2,15,19). The van der Waals surface area contributed by atoms with Crippen LogP contribution in [0.4, 0.5) is 0 Å². The molecule has 104 valence electrons. The Morgan fingerprint density at radius 1 is 1.53 bits per heavy atom. The van der Waals surface area contributed by atoms with Gasteiger partial charge >= 0.3 is 0 Å². The minimum atomic E-state index is 0.0187. The lowest BCUT2D eigenvalue weighted by atomic mass is 9.80. The Bertz CT molecular complexity index is 456. The predicted octanol–water partition coefficient (Wildman–Crippen LogP) is 1.98. The molecule has 0 amide bonds. The number of pyridine rings is 1. The average molecular weight is 279 g/mol. The minimum Gasteiger partial charge on any atom is -0.481 e. The van der Waals surface area contributed by atoms with Crippen LogP contribution in [0.1, 0.15) is 25.3 Å². The lowest BCUT2D eigenvalue weighted by Crippen LogP contribution is -2.44. The molecule has 19 heavy (non-hydrogen) atoms. The van der Waals surface area contributed by atoms with Crippen LogP contribution in [0, 0.1) is 5.41 Å². The topological polar surface area (TPSA) is 51.4 Å². The van der Waals surface area contributed by atoms with Crippen LogP contribution in [0.2, 0.25) is 0 Å². The Morgan fingerprint density at radius 2 is 2.21 bits per heavy atom. The first kappa shape index (κ1) is 14.2. The minimum absolute atomic E-state index is 0.0187. The van der Waals surface area contributed by atoms with Crippen LogP contribution in [-0.4, -0.2) is 35.1 Å². The molecular weight excluding hydrogens is 258 g/mol. The van der Waals surface area contributed by atoms with Crippen molar-refractivity contribution in [1.29, 1.82) is 0 Å². The molecule has 0 radical (unpaired) electrons. The second-order valence-electron chi connectivity index (χ2n) is 5.37. The fourth-order valence-corrected chi connectivity index (χ4v) is 2.62. The van der Waals surface area contributed by atoms with Crippen molar-refractivity contribution in [3.8, 4) is 5.88 Å². The summed E-state index contributed by atoms with van der Waals surface area (Å²) in [5.41, 5.74) is 6.98. The molecule has 1 fully saturated rings. The Balaban J connectivity index is 1.98. The maximum absolute atomic E-state index is 5.83. The van der Waals surface area contributed by atoms with E-state index in [0.717, 1.165) is 38.0 Å². The number of thiocarbonyl (C=S) groups is 1. The van der Waals surface area contributed by atoms with E-state index < -0.39 is 0 Å². The monoisotopic (exact) mass is 279 g/mol. The third kappa shape index (κ3) is 3.22. The molecule has 2 rings (SSSR count). The Labute approximate surface area is 120 Å². The highest BCUT2D eigenvalue weighted by atomic mass is 32.1. The predicted molar refractivity (Wildman–Crippen MR) is 80.2 cm³/mol. The number of hydrogen-bond acceptors (Lipinski definition) is 4. The smallest absolute Gasteiger partial charge is 0.217 e. The number of rotatable bonds is 4. The number of aromatic nitrogens is 1. The summed E-state index contributed by atoms with van der Waals surface area (Å²) in [6, 6.07) is 4.01. The average Bonchev–Trinajstić information content (AvgIpc) is 2.42. The number of piperidine rings is 1. The lowest BCUT2D eigenvalue weighted by Gasteiger charge is -2.38. The molecule has 0 saturated carbocycles. The van der Waals surface area contributed by atoms with Crippen LogP contribution in [0.25, 0.3) is 0 Å². The van der Waals surface area contributed by atoms with Gasteiger partial charge in [-0.1, -0.05) is 25.2 Å². The molecule has 1 aliphatic rings. The van der Waals surface area contributed by atoms with Crippen molar-refractivity contribution in [2.75, 3.05) is 20.2 Å². The molecule has 0 atom stereocenters. The zero-order chi connectivity index (χ0) is 13.9. The SMILES string of the molecule is COc1ncccc1CN1CCC(C)(C(N)=S)CC1. The zero-order valence-electron chi connectivity index (χ0n) is 11.6. The number of methoxy groups -OCH3 is 1. The maximum Gasteiger partial charge on any atom is 0.217 e. The summed E-state index contributed by atoms with van der Waals surface area (Å²) in [7, 11) is 1.66. The van der Waals surface area contributed by atoms with Crippen molar-refractivity contribution in [3.05, 3.63) is 23.9 Å². The third-order valence-electron chi connectivity index (χ3n) is 3.99. The second-order valence-corrected chi connectivity index (χ2v) is 5.81. The Hall–Kier alpha value is -1.20. The second kappa shape index (κ2) is 5.84. The highest BCUT2D eigenvalue weighted by Crippen LogP contribution is 2.32. The number of nitrogens with zero attached hydrogens (tertiary/aromatic N) is 2. The molecule has 1 aromatic heterocycles. The van der Waals surface area contributed by atoms with Gasteiger partial charge in [0.1, 0.15) is 0 Å². The van der Waals surface area contributed by atoms with Gasteiger partial charge in [0.2, 0.25) is 5.88 Å². The molecule has 0 aromatic carbocycles. The molecule has 5 heteroatoms. The number of ether oxygens (including phenoxy) is 1. The van der Waals surface area contributed by atoms with Gasteiger partial charge in [0.15, 0.2) is 0 Å². The summed E-state index contributed by atoms with van der Waals surface area (Å²) < 4.78 is 5.29. The van der Waals surface area contributed by atoms with E-state index in [1.54, 1.807) is 13.3 Å². The molecule has 0 spiro atoms. The number of nitrogens with two attached hydrogens (primary N) is 1. The highest BCUT2D eigenvalue weighted by Gasteiger charge is 2.32. The molecule has 1 saturated heterocycles. The summed E-state index contributed by atoms with van der Waals surface area (Å²) in [5, 5.41) is 0.